The van der Waals surface area contributed by atoms with Crippen LogP contribution in [0.5, 0.6) is 0 Å². The molecular formula is C16H23Cl2N3OS. The van der Waals surface area contributed by atoms with Gasteiger partial charge in [0.05, 0.1) is 12.1 Å². The largest absolute Gasteiger partial charge is 0.354 e. The molecule has 0 aliphatic carbocycles. The predicted molar refractivity (Wildman–Crippen MR) is 102 cm³/mol. The number of hydrogen-bond acceptors (Lipinski definition) is 4. The highest BCUT2D eigenvalue weighted by molar-refractivity contribution is 7.13. The lowest BCUT2D eigenvalue weighted by Gasteiger charge is -2.04. The number of benzene rings is 1. The molecule has 0 saturated heterocycles. The van der Waals surface area contributed by atoms with Gasteiger partial charge in [-0.15, -0.1) is 36.2 Å². The Hall–Kier alpha value is -1.14. The Morgan fingerprint density at radius 1 is 1.26 bits per heavy atom. The number of carbonyl (C=O) groups is 1. The summed E-state index contributed by atoms with van der Waals surface area (Å²) in [6, 6.07) is 8.25. The van der Waals surface area contributed by atoms with Gasteiger partial charge in [0.1, 0.15) is 5.01 Å². The number of nitrogens with one attached hydrogen (secondary N) is 2. The monoisotopic (exact) mass is 375 g/mol. The second-order valence-electron chi connectivity index (χ2n) is 4.89. The molecule has 0 bridgehead atoms. The van der Waals surface area contributed by atoms with Crippen molar-refractivity contribution in [3.8, 4) is 10.6 Å². The number of hydrogen-bond donors (Lipinski definition) is 2. The smallest absolute Gasteiger partial charge is 0.226 e. The molecule has 0 fully saturated rings. The first-order valence-corrected chi connectivity index (χ1v) is 8.06. The summed E-state index contributed by atoms with van der Waals surface area (Å²) in [4.78, 5) is 16.3. The van der Waals surface area contributed by atoms with Gasteiger partial charge in [0.25, 0.3) is 0 Å². The van der Waals surface area contributed by atoms with Crippen molar-refractivity contribution in [1.29, 1.82) is 0 Å². The molecule has 23 heavy (non-hydrogen) atoms. The van der Waals surface area contributed by atoms with E-state index in [0.29, 0.717) is 13.0 Å². The number of nitrogens with zero attached hydrogens (tertiary/aromatic N) is 1. The van der Waals surface area contributed by atoms with Gasteiger partial charge in [0, 0.05) is 24.0 Å². The summed E-state index contributed by atoms with van der Waals surface area (Å²) < 4.78 is 0. The maximum absolute atomic E-state index is 11.8. The van der Waals surface area contributed by atoms with E-state index >= 15 is 0 Å². The summed E-state index contributed by atoms with van der Waals surface area (Å²) in [6.07, 6.45) is 0.342. The minimum Gasteiger partial charge on any atom is -0.354 e. The Balaban J connectivity index is 0.00000242. The molecule has 1 aromatic carbocycles. The standard InChI is InChI=1S/C16H21N3OS.2ClH/c1-3-17-7-8-18-15(20)10-14-11-21-16(19-14)13-6-4-5-12(2)9-13;;/h4-6,9,11,17H,3,7-8,10H2,1-2H3,(H,18,20);2*1H. The molecule has 7 heteroatoms. The summed E-state index contributed by atoms with van der Waals surface area (Å²) in [7, 11) is 0. The fraction of sp³-hybridized carbons (Fsp3) is 0.375. The van der Waals surface area contributed by atoms with Crippen molar-refractivity contribution in [2.75, 3.05) is 19.6 Å². The molecule has 0 saturated carbocycles. The summed E-state index contributed by atoms with van der Waals surface area (Å²) in [5, 5.41) is 8.98. The zero-order chi connectivity index (χ0) is 15.1. The van der Waals surface area contributed by atoms with E-state index in [9.17, 15) is 4.79 Å². The van der Waals surface area contributed by atoms with E-state index < -0.39 is 0 Å². The molecule has 128 valence electrons. The summed E-state index contributed by atoms with van der Waals surface area (Å²) in [6.45, 7) is 6.48. The lowest BCUT2D eigenvalue weighted by atomic mass is 10.1. The Morgan fingerprint density at radius 2 is 2.04 bits per heavy atom. The van der Waals surface area contributed by atoms with Gasteiger partial charge in [0.2, 0.25) is 5.91 Å². The third-order valence-corrected chi connectivity index (χ3v) is 3.97. The lowest BCUT2D eigenvalue weighted by molar-refractivity contribution is -0.120. The fourth-order valence-electron chi connectivity index (χ4n) is 1.99. The van der Waals surface area contributed by atoms with Gasteiger partial charge in [-0.1, -0.05) is 30.7 Å². The number of rotatable bonds is 7. The average molecular weight is 376 g/mol. The van der Waals surface area contributed by atoms with Crippen LogP contribution < -0.4 is 10.6 Å². The zero-order valence-electron chi connectivity index (χ0n) is 13.3. The fourth-order valence-corrected chi connectivity index (χ4v) is 2.81. The minimum atomic E-state index is 0. The summed E-state index contributed by atoms with van der Waals surface area (Å²) in [5.74, 6) is 0.0222. The van der Waals surface area contributed by atoms with E-state index in [1.807, 2.05) is 24.4 Å². The first-order valence-electron chi connectivity index (χ1n) is 7.18. The Morgan fingerprint density at radius 3 is 2.74 bits per heavy atom. The highest BCUT2D eigenvalue weighted by atomic mass is 35.5. The van der Waals surface area contributed by atoms with Crippen molar-refractivity contribution in [2.24, 2.45) is 0 Å². The van der Waals surface area contributed by atoms with Crippen LogP contribution in [0.3, 0.4) is 0 Å². The molecule has 1 heterocycles. The van der Waals surface area contributed by atoms with Gasteiger partial charge >= 0.3 is 0 Å². The second kappa shape index (κ2) is 11.4. The van der Waals surface area contributed by atoms with Crippen LogP contribution >= 0.6 is 36.2 Å². The first kappa shape index (κ1) is 21.9. The molecule has 0 aliphatic rings. The third-order valence-electron chi connectivity index (χ3n) is 3.03. The molecule has 2 aromatic rings. The van der Waals surface area contributed by atoms with E-state index in [4.69, 9.17) is 0 Å². The van der Waals surface area contributed by atoms with Gasteiger partial charge in [-0.05, 0) is 19.5 Å². The quantitative estimate of drug-likeness (QED) is 0.730. The number of halogens is 2. The molecule has 0 unspecified atom stereocenters. The number of aromatic nitrogens is 1. The number of amides is 1. The highest BCUT2D eigenvalue weighted by Gasteiger charge is 2.08. The van der Waals surface area contributed by atoms with Crippen LogP contribution in [-0.2, 0) is 11.2 Å². The van der Waals surface area contributed by atoms with Crippen LogP contribution in [0, 0.1) is 6.92 Å². The SMILES string of the molecule is CCNCCNC(=O)Cc1csc(-c2cccc(C)c2)n1.Cl.Cl. The van der Waals surface area contributed by atoms with Gasteiger partial charge < -0.3 is 10.6 Å². The first-order chi connectivity index (χ1) is 10.2. The van der Waals surface area contributed by atoms with Crippen molar-refractivity contribution >= 4 is 42.1 Å². The van der Waals surface area contributed by atoms with E-state index in [1.54, 1.807) is 11.3 Å². The summed E-state index contributed by atoms with van der Waals surface area (Å²) >= 11 is 1.58. The summed E-state index contributed by atoms with van der Waals surface area (Å²) in [5.41, 5.74) is 3.15. The van der Waals surface area contributed by atoms with E-state index in [0.717, 1.165) is 29.4 Å². The Bertz CT molecular complexity index is 605. The second-order valence-corrected chi connectivity index (χ2v) is 5.75. The molecule has 0 spiro atoms. The van der Waals surface area contributed by atoms with Crippen LogP contribution in [0.1, 0.15) is 18.2 Å². The molecule has 1 amide bonds. The van der Waals surface area contributed by atoms with Crippen LogP contribution in [0.15, 0.2) is 29.6 Å². The number of aryl methyl sites for hydroxylation is 1. The van der Waals surface area contributed by atoms with Crippen LogP contribution in [0.25, 0.3) is 10.6 Å². The van der Waals surface area contributed by atoms with Crippen LogP contribution in [0.2, 0.25) is 0 Å². The van der Waals surface area contributed by atoms with Gasteiger partial charge in [0.15, 0.2) is 0 Å². The molecule has 0 aliphatic heterocycles. The molecule has 0 atom stereocenters. The molecule has 4 nitrogen and oxygen atoms in total. The van der Waals surface area contributed by atoms with Crippen molar-refractivity contribution in [3.63, 3.8) is 0 Å². The van der Waals surface area contributed by atoms with Crippen molar-refractivity contribution in [2.45, 2.75) is 20.3 Å². The topological polar surface area (TPSA) is 54.0 Å². The molecule has 2 N–H and O–H groups in total. The number of thiazole rings is 1. The zero-order valence-corrected chi connectivity index (χ0v) is 15.7. The van der Waals surface area contributed by atoms with Crippen molar-refractivity contribution in [1.82, 2.24) is 15.6 Å². The van der Waals surface area contributed by atoms with E-state index in [1.165, 1.54) is 5.56 Å². The molecular weight excluding hydrogens is 353 g/mol. The normalized spacial score (nSPS) is 9.65. The van der Waals surface area contributed by atoms with Gasteiger partial charge in [-0.3, -0.25) is 4.79 Å². The van der Waals surface area contributed by atoms with Crippen molar-refractivity contribution in [3.05, 3.63) is 40.9 Å². The Labute approximate surface area is 153 Å². The average Bonchev–Trinajstić information content (AvgIpc) is 2.92. The van der Waals surface area contributed by atoms with Crippen molar-refractivity contribution < 1.29 is 4.79 Å². The Kier molecular flexibility index (Phi) is 10.8. The van der Waals surface area contributed by atoms with Gasteiger partial charge in [-0.2, -0.15) is 0 Å². The van der Waals surface area contributed by atoms with Crippen LogP contribution in [0.4, 0.5) is 0 Å². The van der Waals surface area contributed by atoms with E-state index in [-0.39, 0.29) is 30.7 Å². The van der Waals surface area contributed by atoms with E-state index in [2.05, 4.69) is 34.7 Å². The lowest BCUT2D eigenvalue weighted by Crippen LogP contribution is -2.32. The van der Waals surface area contributed by atoms with Gasteiger partial charge in [-0.25, -0.2) is 4.98 Å². The molecule has 0 radical (unpaired) electrons. The number of likely N-dealkylation sites (N-methyl/N-ethyl adjacent to an activating group) is 1. The maximum Gasteiger partial charge on any atom is 0.226 e. The van der Waals surface area contributed by atoms with Crippen LogP contribution in [-0.4, -0.2) is 30.5 Å². The highest BCUT2D eigenvalue weighted by Crippen LogP contribution is 2.24. The molecule has 1 aromatic heterocycles. The maximum atomic E-state index is 11.8. The number of carbonyl (C=O) groups excluding carboxylic acids is 1. The molecule has 2 rings (SSSR count). The third kappa shape index (κ3) is 7.31. The minimum absolute atomic E-state index is 0. The predicted octanol–water partition coefficient (Wildman–Crippen LogP) is 3.23.